The zero-order chi connectivity index (χ0) is 22.3. The van der Waals surface area contributed by atoms with Gasteiger partial charge in [-0.2, -0.15) is 0 Å². The number of aromatic nitrogens is 2. The molecule has 0 fully saturated rings. The summed E-state index contributed by atoms with van der Waals surface area (Å²) in [6.07, 6.45) is 3.04. The number of hydrogen-bond donors (Lipinski definition) is 4. The van der Waals surface area contributed by atoms with Crippen LogP contribution >= 0.6 is 22.9 Å². The molecule has 166 valence electrons. The molecule has 0 unspecified atom stereocenters. The maximum absolute atomic E-state index is 12.2. The maximum atomic E-state index is 12.2. The number of anilines is 2. The van der Waals surface area contributed by atoms with E-state index in [0.717, 1.165) is 22.3 Å². The van der Waals surface area contributed by atoms with Crippen molar-refractivity contribution in [3.05, 3.63) is 64.8 Å². The summed E-state index contributed by atoms with van der Waals surface area (Å²) in [5.41, 5.74) is 3.41. The first-order valence-corrected chi connectivity index (χ1v) is 11.1. The summed E-state index contributed by atoms with van der Waals surface area (Å²) in [7, 11) is 1.58. The number of H-pyrrole nitrogens is 1. The Kier molecular flexibility index (Phi) is 7.10. The lowest BCUT2D eigenvalue weighted by Crippen LogP contribution is -2.33. The summed E-state index contributed by atoms with van der Waals surface area (Å²) in [4.78, 5) is 19.6. The van der Waals surface area contributed by atoms with Gasteiger partial charge in [0.1, 0.15) is 11.4 Å². The number of rotatable bonds is 9. The number of amides is 1. The van der Waals surface area contributed by atoms with Crippen molar-refractivity contribution in [1.82, 2.24) is 20.6 Å². The second-order valence-corrected chi connectivity index (χ2v) is 8.09. The summed E-state index contributed by atoms with van der Waals surface area (Å²) in [6.45, 7) is 1.63. The van der Waals surface area contributed by atoms with Gasteiger partial charge in [-0.25, -0.2) is 9.78 Å². The van der Waals surface area contributed by atoms with Gasteiger partial charge in [-0.05, 0) is 41.3 Å². The predicted molar refractivity (Wildman–Crippen MR) is 127 cm³/mol. The van der Waals surface area contributed by atoms with Crippen LogP contribution in [0, 0.1) is 0 Å². The Hall–Kier alpha value is -3.27. The van der Waals surface area contributed by atoms with Crippen molar-refractivity contribution in [3.63, 3.8) is 0 Å². The van der Waals surface area contributed by atoms with Crippen LogP contribution < -0.4 is 25.4 Å². The smallest absolute Gasteiger partial charge is 0.413 e. The second-order valence-electron chi connectivity index (χ2n) is 6.81. The van der Waals surface area contributed by atoms with Gasteiger partial charge in [-0.1, -0.05) is 17.7 Å². The Morgan fingerprint density at radius 1 is 1.19 bits per heavy atom. The normalized spacial score (nSPS) is 10.8. The third kappa shape index (κ3) is 5.31. The molecule has 4 aromatic rings. The number of methoxy groups -OCH3 is 1. The van der Waals surface area contributed by atoms with Crippen LogP contribution in [0.25, 0.3) is 11.0 Å². The fourth-order valence-corrected chi connectivity index (χ4v) is 4.09. The molecular formula is C22H22ClN5O3S. The summed E-state index contributed by atoms with van der Waals surface area (Å²) in [6, 6.07) is 11.3. The highest BCUT2D eigenvalue weighted by atomic mass is 35.5. The van der Waals surface area contributed by atoms with Crippen LogP contribution in [0.2, 0.25) is 5.02 Å². The number of hydrogen-bond acceptors (Lipinski definition) is 7. The zero-order valence-corrected chi connectivity index (χ0v) is 18.8. The van der Waals surface area contributed by atoms with Gasteiger partial charge in [0, 0.05) is 37.4 Å². The van der Waals surface area contributed by atoms with E-state index >= 15 is 0 Å². The van der Waals surface area contributed by atoms with Crippen LogP contribution in [0.15, 0.2) is 54.2 Å². The molecule has 0 aliphatic rings. The quantitative estimate of drug-likeness (QED) is 0.259. The molecule has 0 bridgehead atoms. The van der Waals surface area contributed by atoms with Gasteiger partial charge in [0.05, 0.1) is 23.5 Å². The summed E-state index contributed by atoms with van der Waals surface area (Å²) >= 11 is 7.47. The fourth-order valence-electron chi connectivity index (χ4n) is 3.11. The van der Waals surface area contributed by atoms with Crippen LogP contribution in [0.1, 0.15) is 5.56 Å². The number of ether oxygens (including phenoxy) is 2. The van der Waals surface area contributed by atoms with E-state index in [0.29, 0.717) is 41.2 Å². The molecule has 10 heteroatoms. The van der Waals surface area contributed by atoms with Gasteiger partial charge < -0.3 is 30.4 Å². The average Bonchev–Trinajstić information content (AvgIpc) is 3.44. The summed E-state index contributed by atoms with van der Waals surface area (Å²) in [5, 5.41) is 13.2. The van der Waals surface area contributed by atoms with Gasteiger partial charge in [-0.15, -0.1) is 11.3 Å². The Labute approximate surface area is 193 Å². The molecule has 1 amide bonds. The summed E-state index contributed by atoms with van der Waals surface area (Å²) in [5.74, 6) is 0.642. The SMILES string of the molecule is COc1ccc(CNCCNC(=O)Oc2sccc2Nc2ccnc3[nH]ccc23)cc1Cl. The van der Waals surface area contributed by atoms with Gasteiger partial charge in [0.2, 0.25) is 5.06 Å². The molecule has 4 rings (SSSR count). The fraction of sp³-hybridized carbons (Fsp3) is 0.182. The highest BCUT2D eigenvalue weighted by molar-refractivity contribution is 7.12. The van der Waals surface area contributed by atoms with Crippen molar-refractivity contribution in [1.29, 1.82) is 0 Å². The van der Waals surface area contributed by atoms with Crippen LogP contribution in [-0.4, -0.2) is 36.3 Å². The summed E-state index contributed by atoms with van der Waals surface area (Å²) < 4.78 is 10.6. The molecular weight excluding hydrogens is 450 g/mol. The van der Waals surface area contributed by atoms with Crippen molar-refractivity contribution in [2.45, 2.75) is 6.54 Å². The predicted octanol–water partition coefficient (Wildman–Crippen LogP) is 4.91. The van der Waals surface area contributed by atoms with Gasteiger partial charge in [0.25, 0.3) is 0 Å². The van der Waals surface area contributed by atoms with Crippen molar-refractivity contribution in [2.24, 2.45) is 0 Å². The number of carbonyl (C=O) groups excluding carboxylic acids is 1. The third-order valence-electron chi connectivity index (χ3n) is 4.66. The second kappa shape index (κ2) is 10.4. The number of halogens is 1. The van der Waals surface area contributed by atoms with E-state index < -0.39 is 6.09 Å². The number of benzene rings is 1. The highest BCUT2D eigenvalue weighted by Crippen LogP contribution is 2.35. The first kappa shape index (κ1) is 21.9. The standard InChI is InChI=1S/C22H22ClN5O3S/c1-30-19-3-2-14(12-16(19)23)13-24-9-10-27-22(29)31-21-18(6-11-32-21)28-17-5-8-26-20-15(17)4-7-25-20/h2-8,11-12,24H,9-10,13H2,1H3,(H,27,29)(H2,25,26,28). The topological polar surface area (TPSA) is 100 Å². The van der Waals surface area contributed by atoms with Crippen LogP contribution in [0.3, 0.4) is 0 Å². The number of carbonyl (C=O) groups is 1. The number of pyridine rings is 1. The number of fused-ring (bicyclic) bond motifs is 1. The first-order chi connectivity index (χ1) is 15.6. The molecule has 1 aromatic carbocycles. The molecule has 8 nitrogen and oxygen atoms in total. The van der Waals surface area contributed by atoms with Crippen molar-refractivity contribution >= 4 is 51.4 Å². The van der Waals surface area contributed by atoms with E-state index in [9.17, 15) is 4.79 Å². The lowest BCUT2D eigenvalue weighted by atomic mass is 10.2. The van der Waals surface area contributed by atoms with Crippen molar-refractivity contribution in [2.75, 3.05) is 25.5 Å². The molecule has 0 radical (unpaired) electrons. The van der Waals surface area contributed by atoms with E-state index in [1.165, 1.54) is 11.3 Å². The molecule has 0 saturated heterocycles. The average molecular weight is 472 g/mol. The van der Waals surface area contributed by atoms with Crippen molar-refractivity contribution < 1.29 is 14.3 Å². The Bertz CT molecular complexity index is 1210. The first-order valence-electron chi connectivity index (χ1n) is 9.89. The van der Waals surface area contributed by atoms with E-state index in [1.807, 2.05) is 48.0 Å². The molecule has 0 aliphatic heterocycles. The molecule has 0 saturated carbocycles. The lowest BCUT2D eigenvalue weighted by Gasteiger charge is -2.10. The maximum Gasteiger partial charge on any atom is 0.413 e. The number of nitrogens with zero attached hydrogens (tertiary/aromatic N) is 1. The minimum Gasteiger partial charge on any atom is -0.495 e. The van der Waals surface area contributed by atoms with E-state index in [2.05, 4.69) is 25.9 Å². The number of nitrogens with one attached hydrogen (secondary N) is 4. The van der Waals surface area contributed by atoms with Crippen LogP contribution in [-0.2, 0) is 6.54 Å². The highest BCUT2D eigenvalue weighted by Gasteiger charge is 2.12. The lowest BCUT2D eigenvalue weighted by molar-refractivity contribution is 0.202. The Morgan fingerprint density at radius 2 is 2.09 bits per heavy atom. The molecule has 0 spiro atoms. The molecule has 4 N–H and O–H groups in total. The molecule has 32 heavy (non-hydrogen) atoms. The molecule has 0 aliphatic carbocycles. The van der Waals surface area contributed by atoms with Gasteiger partial charge >= 0.3 is 6.09 Å². The van der Waals surface area contributed by atoms with E-state index in [4.69, 9.17) is 21.1 Å². The molecule has 3 heterocycles. The Morgan fingerprint density at radius 3 is 2.94 bits per heavy atom. The number of thiophene rings is 1. The third-order valence-corrected chi connectivity index (χ3v) is 5.75. The van der Waals surface area contributed by atoms with E-state index in [-0.39, 0.29) is 0 Å². The zero-order valence-electron chi connectivity index (χ0n) is 17.3. The number of aromatic amines is 1. The van der Waals surface area contributed by atoms with Crippen LogP contribution in [0.4, 0.5) is 16.2 Å². The van der Waals surface area contributed by atoms with Gasteiger partial charge in [0.15, 0.2) is 0 Å². The minimum absolute atomic E-state index is 0.422. The molecule has 3 aromatic heterocycles. The van der Waals surface area contributed by atoms with Crippen molar-refractivity contribution in [3.8, 4) is 10.8 Å². The van der Waals surface area contributed by atoms with Crippen LogP contribution in [0.5, 0.6) is 10.8 Å². The Balaban J connectivity index is 1.23. The monoisotopic (exact) mass is 471 g/mol. The largest absolute Gasteiger partial charge is 0.495 e. The van der Waals surface area contributed by atoms with E-state index in [1.54, 1.807) is 13.3 Å². The van der Waals surface area contributed by atoms with Gasteiger partial charge in [-0.3, -0.25) is 0 Å². The minimum atomic E-state index is -0.508. The molecule has 0 atom stereocenters.